The molecule has 5 rings (SSSR count). The molecule has 1 atom stereocenters. The lowest BCUT2D eigenvalue weighted by Crippen LogP contribution is -2.43. The standard InChI is InChI=1S/C25H22BrN3O2/c1-31-17-12-10-16(11-13-17)24-23-19(18-6-2-4-8-21(18)27-23)14-15-29(24)25(30)28-22-9-5-3-7-20(22)26/h2-13,24,27H,14-15H2,1H3,(H,28,30)/t24-/m0/s1. The minimum Gasteiger partial charge on any atom is -0.497 e. The number of halogens is 1. The van der Waals surface area contributed by atoms with Crippen molar-refractivity contribution in [2.24, 2.45) is 0 Å². The van der Waals surface area contributed by atoms with Crippen molar-refractivity contribution in [3.05, 3.63) is 94.1 Å². The molecule has 2 amide bonds. The molecule has 6 heteroatoms. The first-order valence-electron chi connectivity index (χ1n) is 10.2. The number of aromatic amines is 1. The lowest BCUT2D eigenvalue weighted by Gasteiger charge is -2.36. The summed E-state index contributed by atoms with van der Waals surface area (Å²) in [6.45, 7) is 0.627. The Labute approximate surface area is 189 Å². The number of methoxy groups -OCH3 is 1. The Kier molecular flexibility index (Phi) is 5.16. The van der Waals surface area contributed by atoms with Crippen LogP contribution in [0.25, 0.3) is 10.9 Å². The number of rotatable bonds is 3. The highest BCUT2D eigenvalue weighted by atomic mass is 79.9. The number of H-pyrrole nitrogens is 1. The van der Waals surface area contributed by atoms with Crippen LogP contribution in [0.3, 0.4) is 0 Å². The molecule has 0 spiro atoms. The number of carbonyl (C=O) groups excluding carboxylic acids is 1. The first-order chi connectivity index (χ1) is 15.2. The predicted octanol–water partition coefficient (Wildman–Crippen LogP) is 6.12. The maximum atomic E-state index is 13.4. The van der Waals surface area contributed by atoms with Gasteiger partial charge in [-0.3, -0.25) is 0 Å². The van der Waals surface area contributed by atoms with E-state index in [0.717, 1.165) is 39.1 Å². The fourth-order valence-electron chi connectivity index (χ4n) is 4.34. The van der Waals surface area contributed by atoms with Crippen LogP contribution in [-0.2, 0) is 6.42 Å². The molecule has 2 heterocycles. The highest BCUT2D eigenvalue weighted by Gasteiger charge is 2.34. The quantitative estimate of drug-likeness (QED) is 0.375. The molecule has 5 nitrogen and oxygen atoms in total. The first-order valence-corrected chi connectivity index (χ1v) is 11.0. The predicted molar refractivity (Wildman–Crippen MR) is 127 cm³/mol. The molecular weight excluding hydrogens is 454 g/mol. The third-order valence-corrected chi connectivity index (χ3v) is 6.53. The highest BCUT2D eigenvalue weighted by Crippen LogP contribution is 2.39. The van der Waals surface area contributed by atoms with Gasteiger partial charge in [0.2, 0.25) is 0 Å². The number of nitrogens with zero attached hydrogens (tertiary/aromatic N) is 1. The van der Waals surface area contributed by atoms with Crippen molar-refractivity contribution in [1.29, 1.82) is 0 Å². The molecule has 0 bridgehead atoms. The van der Waals surface area contributed by atoms with E-state index in [9.17, 15) is 4.79 Å². The fraction of sp³-hybridized carbons (Fsp3) is 0.160. The van der Waals surface area contributed by atoms with E-state index in [1.807, 2.05) is 59.5 Å². The van der Waals surface area contributed by atoms with Crippen molar-refractivity contribution in [2.75, 3.05) is 19.0 Å². The summed E-state index contributed by atoms with van der Waals surface area (Å²) >= 11 is 3.52. The third kappa shape index (κ3) is 3.57. The normalized spacial score (nSPS) is 15.5. The molecule has 0 radical (unpaired) electrons. The molecule has 0 unspecified atom stereocenters. The SMILES string of the molecule is COc1ccc([C@H]2c3[nH]c4ccccc4c3CCN2C(=O)Nc2ccccc2Br)cc1. The van der Waals surface area contributed by atoms with E-state index in [1.165, 1.54) is 10.9 Å². The molecule has 3 aromatic carbocycles. The summed E-state index contributed by atoms with van der Waals surface area (Å²) in [7, 11) is 1.66. The van der Waals surface area contributed by atoms with Gasteiger partial charge in [-0.25, -0.2) is 4.79 Å². The minimum absolute atomic E-state index is 0.128. The van der Waals surface area contributed by atoms with E-state index >= 15 is 0 Å². The third-order valence-electron chi connectivity index (χ3n) is 5.84. The van der Waals surface area contributed by atoms with E-state index in [4.69, 9.17) is 4.74 Å². The molecule has 0 fully saturated rings. The van der Waals surface area contributed by atoms with Crippen molar-refractivity contribution in [3.63, 3.8) is 0 Å². The van der Waals surface area contributed by atoms with Gasteiger partial charge in [-0.2, -0.15) is 0 Å². The van der Waals surface area contributed by atoms with Crippen LogP contribution in [0.15, 0.2) is 77.3 Å². The number of fused-ring (bicyclic) bond motifs is 3. The van der Waals surface area contributed by atoms with Crippen LogP contribution in [0, 0.1) is 0 Å². The maximum Gasteiger partial charge on any atom is 0.322 e. The summed E-state index contributed by atoms with van der Waals surface area (Å²) in [5.74, 6) is 0.792. The second-order valence-electron chi connectivity index (χ2n) is 7.59. The molecule has 4 aromatic rings. The summed E-state index contributed by atoms with van der Waals surface area (Å²) in [5, 5.41) is 4.29. The highest BCUT2D eigenvalue weighted by molar-refractivity contribution is 9.10. The molecular formula is C25H22BrN3O2. The lowest BCUT2D eigenvalue weighted by molar-refractivity contribution is 0.193. The molecule has 2 N–H and O–H groups in total. The second kappa shape index (κ2) is 8.12. The summed E-state index contributed by atoms with van der Waals surface area (Å²) in [6, 6.07) is 23.6. The molecule has 0 saturated carbocycles. The Balaban J connectivity index is 1.58. The molecule has 1 aliphatic rings. The number of urea groups is 1. The average Bonchev–Trinajstić information content (AvgIpc) is 3.19. The number of carbonyl (C=O) groups is 1. The van der Waals surface area contributed by atoms with Gasteiger partial charge in [-0.15, -0.1) is 0 Å². The van der Waals surface area contributed by atoms with Gasteiger partial charge < -0.3 is 19.9 Å². The molecule has 1 aliphatic heterocycles. The van der Waals surface area contributed by atoms with Crippen molar-refractivity contribution in [2.45, 2.75) is 12.5 Å². The summed E-state index contributed by atoms with van der Waals surface area (Å²) in [4.78, 5) is 18.9. The minimum atomic E-state index is -0.218. The number of amides is 2. The van der Waals surface area contributed by atoms with Gasteiger partial charge in [0, 0.05) is 27.6 Å². The second-order valence-corrected chi connectivity index (χ2v) is 8.45. The van der Waals surface area contributed by atoms with Crippen LogP contribution in [0.5, 0.6) is 5.75 Å². The number of hydrogen-bond donors (Lipinski definition) is 2. The van der Waals surface area contributed by atoms with Gasteiger partial charge >= 0.3 is 6.03 Å². The van der Waals surface area contributed by atoms with Gasteiger partial charge in [-0.05, 0) is 63.8 Å². The lowest BCUT2D eigenvalue weighted by atomic mass is 9.92. The zero-order chi connectivity index (χ0) is 21.4. The number of para-hydroxylation sites is 2. The number of benzene rings is 3. The van der Waals surface area contributed by atoms with Crippen molar-refractivity contribution in [1.82, 2.24) is 9.88 Å². The monoisotopic (exact) mass is 475 g/mol. The largest absolute Gasteiger partial charge is 0.497 e. The van der Waals surface area contributed by atoms with Crippen LogP contribution >= 0.6 is 15.9 Å². The Morgan fingerprint density at radius 1 is 1.06 bits per heavy atom. The summed E-state index contributed by atoms with van der Waals surface area (Å²) in [5.41, 5.74) is 5.24. The molecule has 1 aromatic heterocycles. The number of hydrogen-bond acceptors (Lipinski definition) is 2. The first kappa shape index (κ1) is 19.7. The van der Waals surface area contributed by atoms with E-state index in [1.54, 1.807) is 7.11 Å². The molecule has 0 aliphatic carbocycles. The Morgan fingerprint density at radius 3 is 2.58 bits per heavy atom. The van der Waals surface area contributed by atoms with Gasteiger partial charge in [-0.1, -0.05) is 42.5 Å². The Hall–Kier alpha value is -3.25. The fourth-order valence-corrected chi connectivity index (χ4v) is 4.73. The van der Waals surface area contributed by atoms with Crippen LogP contribution < -0.4 is 10.1 Å². The van der Waals surface area contributed by atoms with Crippen LogP contribution in [0.4, 0.5) is 10.5 Å². The molecule has 156 valence electrons. The van der Waals surface area contributed by atoms with Crippen LogP contribution in [0.1, 0.15) is 22.9 Å². The van der Waals surface area contributed by atoms with Gasteiger partial charge in [0.15, 0.2) is 0 Å². The molecule has 0 saturated heterocycles. The van der Waals surface area contributed by atoms with E-state index in [2.05, 4.69) is 44.4 Å². The number of nitrogens with one attached hydrogen (secondary N) is 2. The number of aromatic nitrogens is 1. The topological polar surface area (TPSA) is 57.4 Å². The van der Waals surface area contributed by atoms with Crippen molar-refractivity contribution in [3.8, 4) is 5.75 Å². The van der Waals surface area contributed by atoms with E-state index in [0.29, 0.717) is 6.54 Å². The van der Waals surface area contributed by atoms with Crippen LogP contribution in [0.2, 0.25) is 0 Å². The zero-order valence-electron chi connectivity index (χ0n) is 17.1. The Morgan fingerprint density at radius 2 is 1.81 bits per heavy atom. The van der Waals surface area contributed by atoms with E-state index < -0.39 is 0 Å². The molecule has 31 heavy (non-hydrogen) atoms. The average molecular weight is 476 g/mol. The van der Waals surface area contributed by atoms with E-state index in [-0.39, 0.29) is 12.1 Å². The van der Waals surface area contributed by atoms with Crippen LogP contribution in [-0.4, -0.2) is 29.6 Å². The summed E-state index contributed by atoms with van der Waals surface area (Å²) < 4.78 is 6.19. The van der Waals surface area contributed by atoms with Gasteiger partial charge in [0.1, 0.15) is 5.75 Å². The zero-order valence-corrected chi connectivity index (χ0v) is 18.6. The smallest absolute Gasteiger partial charge is 0.322 e. The summed E-state index contributed by atoms with van der Waals surface area (Å²) in [6.07, 6.45) is 0.801. The van der Waals surface area contributed by atoms with Gasteiger partial charge in [0.25, 0.3) is 0 Å². The van der Waals surface area contributed by atoms with Gasteiger partial charge in [0.05, 0.1) is 18.8 Å². The number of anilines is 1. The van der Waals surface area contributed by atoms with Crippen molar-refractivity contribution < 1.29 is 9.53 Å². The Bertz CT molecular complexity index is 1250. The van der Waals surface area contributed by atoms with Crippen molar-refractivity contribution >= 4 is 38.6 Å². The maximum absolute atomic E-state index is 13.4. The number of ether oxygens (including phenoxy) is 1.